The minimum atomic E-state index is -3.91. The molecule has 0 aliphatic carbocycles. The minimum absolute atomic E-state index is 0.0276. The first-order valence-corrected chi connectivity index (χ1v) is 10.9. The second-order valence-electron chi connectivity index (χ2n) is 5.79. The zero-order chi connectivity index (χ0) is 18.6. The molecule has 2 aromatic rings. The van der Waals surface area contributed by atoms with Gasteiger partial charge in [0, 0.05) is 16.1 Å². The Kier molecular flexibility index (Phi) is 4.53. The van der Waals surface area contributed by atoms with Crippen LogP contribution in [0.4, 0.5) is 5.69 Å². The van der Waals surface area contributed by atoms with Gasteiger partial charge in [-0.3, -0.25) is 4.31 Å². The van der Waals surface area contributed by atoms with E-state index in [0.717, 1.165) is 0 Å². The lowest BCUT2D eigenvalue weighted by Gasteiger charge is -2.24. The van der Waals surface area contributed by atoms with Crippen LogP contribution in [0.1, 0.15) is 12.5 Å². The van der Waals surface area contributed by atoms with Gasteiger partial charge in [-0.25, -0.2) is 22.0 Å². The minimum Gasteiger partial charge on any atom is -0.263 e. The molecule has 2 aromatic carbocycles. The maximum absolute atomic E-state index is 13.1. The van der Waals surface area contributed by atoms with Crippen molar-refractivity contribution in [1.82, 2.24) is 0 Å². The largest absolute Gasteiger partial charge is 0.264 e. The summed E-state index contributed by atoms with van der Waals surface area (Å²) in [4.78, 5) is -0.0799. The highest BCUT2D eigenvalue weighted by Gasteiger charge is 2.36. The average Bonchev–Trinajstić information content (AvgIpc) is 2.80. The lowest BCUT2D eigenvalue weighted by molar-refractivity contribution is 0.584. The van der Waals surface area contributed by atoms with Gasteiger partial charge in [-0.05, 0) is 55.3 Å². The number of hydrogen-bond donors (Lipinski definition) is 1. The number of benzene rings is 2. The van der Waals surface area contributed by atoms with Crippen LogP contribution in [-0.4, -0.2) is 22.9 Å². The lowest BCUT2D eigenvalue weighted by Crippen LogP contribution is -2.35. The third-order valence-electron chi connectivity index (χ3n) is 3.93. The third kappa shape index (κ3) is 3.37. The molecule has 10 heteroatoms. The van der Waals surface area contributed by atoms with Gasteiger partial charge >= 0.3 is 0 Å². The highest BCUT2D eigenvalue weighted by atomic mass is 35.5. The van der Waals surface area contributed by atoms with E-state index in [1.165, 1.54) is 40.7 Å². The van der Waals surface area contributed by atoms with Crippen LogP contribution in [0.3, 0.4) is 0 Å². The van der Waals surface area contributed by atoms with Crippen LogP contribution in [-0.2, 0) is 26.5 Å². The van der Waals surface area contributed by atoms with E-state index >= 15 is 0 Å². The van der Waals surface area contributed by atoms with Crippen LogP contribution in [0, 0.1) is 0 Å². The summed E-state index contributed by atoms with van der Waals surface area (Å²) < 4.78 is 50.4. The van der Waals surface area contributed by atoms with Crippen molar-refractivity contribution in [1.29, 1.82) is 0 Å². The summed E-state index contributed by atoms with van der Waals surface area (Å²) in [6, 6.07) is 7.85. The predicted molar refractivity (Wildman–Crippen MR) is 97.1 cm³/mol. The van der Waals surface area contributed by atoms with Gasteiger partial charge in [0.1, 0.15) is 0 Å². The molecule has 0 amide bonds. The van der Waals surface area contributed by atoms with Crippen LogP contribution < -0.4 is 9.44 Å². The molecule has 0 radical (unpaired) electrons. The Labute approximate surface area is 156 Å². The smallest absolute Gasteiger partial charge is 0.263 e. The van der Waals surface area contributed by atoms with Gasteiger partial charge in [-0.15, -0.1) is 0 Å². The zero-order valence-electron chi connectivity index (χ0n) is 13.0. The van der Waals surface area contributed by atoms with Crippen molar-refractivity contribution >= 4 is 48.9 Å². The highest BCUT2D eigenvalue weighted by Crippen LogP contribution is 2.38. The quantitative estimate of drug-likeness (QED) is 0.824. The molecule has 3 rings (SSSR count). The monoisotopic (exact) mass is 420 g/mol. The third-order valence-corrected chi connectivity index (χ3v) is 7.18. The first-order valence-electron chi connectivity index (χ1n) is 7.16. The van der Waals surface area contributed by atoms with E-state index in [1.807, 2.05) is 0 Å². The van der Waals surface area contributed by atoms with Gasteiger partial charge in [0.2, 0.25) is 10.0 Å². The fraction of sp³-hybridized carbons (Fsp3) is 0.200. The number of nitrogens with zero attached hydrogens (tertiary/aromatic N) is 1. The van der Waals surface area contributed by atoms with Crippen LogP contribution >= 0.6 is 23.2 Å². The van der Waals surface area contributed by atoms with E-state index in [0.29, 0.717) is 17.7 Å². The highest BCUT2D eigenvalue weighted by molar-refractivity contribution is 7.93. The molecule has 1 aliphatic heterocycles. The Bertz CT molecular complexity index is 1050. The molecule has 0 spiro atoms. The number of nitrogens with two attached hydrogens (primary N) is 1. The molecular formula is C15H14Cl2N2O4S2. The van der Waals surface area contributed by atoms with Crippen molar-refractivity contribution in [2.75, 3.05) is 4.31 Å². The van der Waals surface area contributed by atoms with Gasteiger partial charge in [-0.1, -0.05) is 23.2 Å². The van der Waals surface area contributed by atoms with Gasteiger partial charge < -0.3 is 0 Å². The number of fused-ring (bicyclic) bond motifs is 1. The number of rotatable bonds is 3. The number of sulfonamides is 2. The summed E-state index contributed by atoms with van der Waals surface area (Å²) in [6.45, 7) is 1.74. The van der Waals surface area contributed by atoms with E-state index in [2.05, 4.69) is 0 Å². The molecule has 25 heavy (non-hydrogen) atoms. The molecule has 1 unspecified atom stereocenters. The van der Waals surface area contributed by atoms with Crippen LogP contribution in [0.15, 0.2) is 46.2 Å². The zero-order valence-corrected chi connectivity index (χ0v) is 16.1. The number of hydrogen-bond acceptors (Lipinski definition) is 4. The van der Waals surface area contributed by atoms with Crippen molar-refractivity contribution in [2.45, 2.75) is 29.2 Å². The fourth-order valence-electron chi connectivity index (χ4n) is 2.91. The van der Waals surface area contributed by atoms with E-state index < -0.39 is 26.1 Å². The number of primary sulfonamides is 1. The summed E-state index contributed by atoms with van der Waals surface area (Å²) in [5.74, 6) is 0. The van der Waals surface area contributed by atoms with Crippen molar-refractivity contribution in [3.8, 4) is 0 Å². The van der Waals surface area contributed by atoms with Crippen molar-refractivity contribution in [3.05, 3.63) is 52.0 Å². The van der Waals surface area contributed by atoms with Crippen LogP contribution in [0.2, 0.25) is 10.0 Å². The summed E-state index contributed by atoms with van der Waals surface area (Å²) in [5, 5.41) is 5.56. The molecule has 6 nitrogen and oxygen atoms in total. The van der Waals surface area contributed by atoms with Gasteiger partial charge in [0.05, 0.1) is 15.5 Å². The molecule has 1 atom stereocenters. The average molecular weight is 421 g/mol. The van der Waals surface area contributed by atoms with Crippen LogP contribution in [0.25, 0.3) is 0 Å². The molecule has 1 heterocycles. The Hall–Kier alpha value is -1.32. The van der Waals surface area contributed by atoms with Gasteiger partial charge in [0.25, 0.3) is 10.0 Å². The standard InChI is InChI=1S/C15H14Cl2N2O4S2/c1-9-4-10-5-13(24(18,20)21)2-3-15(10)19(9)25(22,23)14-7-11(16)6-12(17)8-14/h2-3,5-9H,4H2,1H3,(H2,18,20,21). The first kappa shape index (κ1) is 18.5. The number of halogens is 2. The second kappa shape index (κ2) is 6.14. The molecule has 134 valence electrons. The molecule has 0 saturated heterocycles. The fourth-order valence-corrected chi connectivity index (χ4v) is 5.90. The van der Waals surface area contributed by atoms with E-state index in [-0.39, 0.29) is 19.8 Å². The predicted octanol–water partition coefficient (Wildman–Crippen LogP) is 2.78. The van der Waals surface area contributed by atoms with E-state index in [9.17, 15) is 16.8 Å². The molecule has 2 N–H and O–H groups in total. The SMILES string of the molecule is CC1Cc2cc(S(N)(=O)=O)ccc2N1S(=O)(=O)c1cc(Cl)cc(Cl)c1. The summed E-state index contributed by atoms with van der Waals surface area (Å²) in [5.41, 5.74) is 1.01. The molecule has 0 saturated carbocycles. The Balaban J connectivity index is 2.13. The summed E-state index contributed by atoms with van der Waals surface area (Å²) in [7, 11) is -7.77. The molecule has 1 aliphatic rings. The first-order chi connectivity index (χ1) is 11.5. The van der Waals surface area contributed by atoms with Gasteiger partial charge in [0.15, 0.2) is 0 Å². The second-order valence-corrected chi connectivity index (χ2v) is 10.0. The van der Waals surface area contributed by atoms with Crippen molar-refractivity contribution in [3.63, 3.8) is 0 Å². The summed E-state index contributed by atoms with van der Waals surface area (Å²) >= 11 is 11.8. The Morgan fingerprint density at radius 1 is 1.00 bits per heavy atom. The number of anilines is 1. The Morgan fingerprint density at radius 3 is 2.16 bits per heavy atom. The maximum Gasteiger partial charge on any atom is 0.264 e. The van der Waals surface area contributed by atoms with Gasteiger partial charge in [-0.2, -0.15) is 0 Å². The molecule has 0 fully saturated rings. The maximum atomic E-state index is 13.1. The van der Waals surface area contributed by atoms with Crippen molar-refractivity contribution < 1.29 is 16.8 Å². The molecular weight excluding hydrogens is 407 g/mol. The van der Waals surface area contributed by atoms with E-state index in [1.54, 1.807) is 6.92 Å². The summed E-state index contributed by atoms with van der Waals surface area (Å²) in [6.07, 6.45) is 0.367. The van der Waals surface area contributed by atoms with Crippen LogP contribution in [0.5, 0.6) is 0 Å². The molecule has 0 aromatic heterocycles. The topological polar surface area (TPSA) is 97.5 Å². The van der Waals surface area contributed by atoms with E-state index in [4.69, 9.17) is 28.3 Å². The lowest BCUT2D eigenvalue weighted by atomic mass is 10.1. The normalized spacial score (nSPS) is 17.6. The molecule has 0 bridgehead atoms. The Morgan fingerprint density at radius 2 is 1.60 bits per heavy atom. The van der Waals surface area contributed by atoms with Crippen molar-refractivity contribution in [2.24, 2.45) is 5.14 Å².